The Morgan fingerprint density at radius 1 is 1.04 bits per heavy atom. The van der Waals surface area contributed by atoms with Crippen LogP contribution in [0.2, 0.25) is 0 Å². The third-order valence-electron chi connectivity index (χ3n) is 5.92. The van der Waals surface area contributed by atoms with Crippen molar-refractivity contribution in [2.75, 3.05) is 26.2 Å². The van der Waals surface area contributed by atoms with E-state index < -0.39 is 0 Å². The van der Waals surface area contributed by atoms with Crippen LogP contribution in [0.15, 0.2) is 24.3 Å². The highest BCUT2D eigenvalue weighted by Gasteiger charge is 2.26. The van der Waals surface area contributed by atoms with Crippen LogP contribution in [0.1, 0.15) is 54.4 Å². The molecule has 3 aliphatic rings. The van der Waals surface area contributed by atoms with Gasteiger partial charge in [-0.15, -0.1) is 0 Å². The summed E-state index contributed by atoms with van der Waals surface area (Å²) in [5.74, 6) is 1.28. The first kappa shape index (κ1) is 17.5. The van der Waals surface area contributed by atoms with Gasteiger partial charge in [-0.3, -0.25) is 9.59 Å². The van der Waals surface area contributed by atoms with Crippen LogP contribution in [0.25, 0.3) is 0 Å². The molecule has 1 aromatic carbocycles. The molecule has 0 aromatic heterocycles. The molecule has 5 heteroatoms. The summed E-state index contributed by atoms with van der Waals surface area (Å²) < 4.78 is 0. The molecule has 1 aromatic rings. The van der Waals surface area contributed by atoms with Gasteiger partial charge in [-0.2, -0.15) is 0 Å². The summed E-state index contributed by atoms with van der Waals surface area (Å²) in [7, 11) is 0. The summed E-state index contributed by atoms with van der Waals surface area (Å²) in [6.07, 6.45) is 6.49. The monoisotopic (exact) mass is 355 g/mol. The molecule has 1 N–H and O–H groups in total. The van der Waals surface area contributed by atoms with Gasteiger partial charge >= 0.3 is 0 Å². The van der Waals surface area contributed by atoms with E-state index in [1.54, 1.807) is 0 Å². The highest BCUT2D eigenvalue weighted by atomic mass is 16.2. The molecule has 2 aliphatic heterocycles. The van der Waals surface area contributed by atoms with Crippen LogP contribution in [-0.2, 0) is 11.3 Å². The lowest BCUT2D eigenvalue weighted by Gasteiger charge is -2.32. The highest BCUT2D eigenvalue weighted by Crippen LogP contribution is 2.28. The maximum Gasteiger partial charge on any atom is 0.253 e. The Bertz CT molecular complexity index is 646. The Labute approximate surface area is 155 Å². The first-order chi connectivity index (χ1) is 12.7. The fourth-order valence-electron chi connectivity index (χ4n) is 3.97. The lowest BCUT2D eigenvalue weighted by molar-refractivity contribution is -0.128. The summed E-state index contributed by atoms with van der Waals surface area (Å²) in [5.41, 5.74) is 1.85. The van der Waals surface area contributed by atoms with Gasteiger partial charge in [-0.1, -0.05) is 12.1 Å². The fraction of sp³-hybridized carbons (Fsp3) is 0.619. The van der Waals surface area contributed by atoms with Crippen LogP contribution in [0, 0.1) is 5.92 Å². The molecule has 0 atom stereocenters. The van der Waals surface area contributed by atoms with E-state index in [0.717, 1.165) is 62.5 Å². The normalized spacial score (nSPS) is 21.5. The number of carbonyl (C=O) groups excluding carboxylic acids is 2. The van der Waals surface area contributed by atoms with E-state index in [9.17, 15) is 9.59 Å². The number of benzene rings is 1. The van der Waals surface area contributed by atoms with Gasteiger partial charge in [0.1, 0.15) is 0 Å². The number of hydrogen-bond acceptors (Lipinski definition) is 3. The van der Waals surface area contributed by atoms with Gasteiger partial charge in [0, 0.05) is 44.2 Å². The predicted octanol–water partition coefficient (Wildman–Crippen LogP) is 2.41. The van der Waals surface area contributed by atoms with Gasteiger partial charge in [0.25, 0.3) is 5.91 Å². The number of piperidine rings is 1. The van der Waals surface area contributed by atoms with Gasteiger partial charge in [-0.25, -0.2) is 0 Å². The molecule has 2 saturated heterocycles. The van der Waals surface area contributed by atoms with Crippen molar-refractivity contribution in [1.29, 1.82) is 0 Å². The first-order valence-corrected chi connectivity index (χ1v) is 10.1. The molecular formula is C21H29N3O2. The second-order valence-electron chi connectivity index (χ2n) is 8.03. The van der Waals surface area contributed by atoms with E-state index in [1.807, 2.05) is 34.1 Å². The predicted molar refractivity (Wildman–Crippen MR) is 101 cm³/mol. The molecular weight excluding hydrogens is 326 g/mol. The molecule has 5 nitrogen and oxygen atoms in total. The van der Waals surface area contributed by atoms with Crippen molar-refractivity contribution in [3.63, 3.8) is 0 Å². The molecule has 1 aliphatic carbocycles. The van der Waals surface area contributed by atoms with Crippen molar-refractivity contribution in [1.82, 2.24) is 15.1 Å². The Morgan fingerprint density at radius 2 is 1.77 bits per heavy atom. The average molecular weight is 355 g/mol. The lowest BCUT2D eigenvalue weighted by atomic mass is 10.0. The zero-order chi connectivity index (χ0) is 17.9. The maximum absolute atomic E-state index is 12.7. The number of nitrogens with one attached hydrogen (secondary N) is 1. The Hall–Kier alpha value is -1.88. The van der Waals surface area contributed by atoms with Crippen molar-refractivity contribution in [2.45, 2.75) is 51.1 Å². The van der Waals surface area contributed by atoms with Crippen LogP contribution in [0.4, 0.5) is 0 Å². The zero-order valence-corrected chi connectivity index (χ0v) is 15.5. The molecule has 3 fully saturated rings. The Balaban J connectivity index is 1.27. The topological polar surface area (TPSA) is 52.7 Å². The van der Waals surface area contributed by atoms with Gasteiger partial charge in [0.05, 0.1) is 0 Å². The van der Waals surface area contributed by atoms with E-state index in [1.165, 1.54) is 12.8 Å². The number of carbonyl (C=O) groups is 2. The molecule has 0 radical (unpaired) electrons. The summed E-state index contributed by atoms with van der Waals surface area (Å²) in [4.78, 5) is 28.3. The van der Waals surface area contributed by atoms with Crippen LogP contribution < -0.4 is 5.32 Å². The number of rotatable bonds is 6. The van der Waals surface area contributed by atoms with Crippen molar-refractivity contribution < 1.29 is 9.59 Å². The van der Waals surface area contributed by atoms with Gasteiger partial charge in [0.2, 0.25) is 5.91 Å². The third kappa shape index (κ3) is 4.26. The van der Waals surface area contributed by atoms with Crippen LogP contribution in [0.3, 0.4) is 0 Å². The number of hydrogen-bond donors (Lipinski definition) is 1. The summed E-state index contributed by atoms with van der Waals surface area (Å²) in [5, 5.41) is 3.66. The van der Waals surface area contributed by atoms with Crippen LogP contribution >= 0.6 is 0 Å². The maximum atomic E-state index is 12.7. The summed E-state index contributed by atoms with van der Waals surface area (Å²) >= 11 is 0. The quantitative estimate of drug-likeness (QED) is 0.853. The highest BCUT2D eigenvalue weighted by molar-refractivity contribution is 5.94. The van der Waals surface area contributed by atoms with Crippen molar-refractivity contribution in [2.24, 2.45) is 5.92 Å². The number of nitrogens with zero attached hydrogens (tertiary/aromatic N) is 2. The molecule has 1 saturated carbocycles. The van der Waals surface area contributed by atoms with E-state index in [0.29, 0.717) is 19.0 Å². The fourth-order valence-corrected chi connectivity index (χ4v) is 3.97. The minimum Gasteiger partial charge on any atom is -0.339 e. The Morgan fingerprint density at radius 3 is 2.38 bits per heavy atom. The smallest absolute Gasteiger partial charge is 0.253 e. The third-order valence-corrected chi connectivity index (χ3v) is 5.92. The molecule has 2 amide bonds. The molecule has 2 heterocycles. The van der Waals surface area contributed by atoms with Crippen LogP contribution in [-0.4, -0.2) is 53.8 Å². The van der Waals surface area contributed by atoms with Gasteiger partial charge in [-0.05, 0) is 62.3 Å². The molecule has 0 bridgehead atoms. The van der Waals surface area contributed by atoms with Crippen molar-refractivity contribution >= 4 is 11.8 Å². The average Bonchev–Trinajstić information content (AvgIpc) is 3.43. The Kier molecular flexibility index (Phi) is 5.25. The van der Waals surface area contributed by atoms with E-state index in [-0.39, 0.29) is 11.8 Å². The van der Waals surface area contributed by atoms with Crippen LogP contribution in [0.5, 0.6) is 0 Å². The van der Waals surface area contributed by atoms with Crippen molar-refractivity contribution in [3.8, 4) is 0 Å². The van der Waals surface area contributed by atoms with E-state index >= 15 is 0 Å². The molecule has 0 unspecified atom stereocenters. The molecule has 140 valence electrons. The number of amides is 2. The van der Waals surface area contributed by atoms with E-state index in [2.05, 4.69) is 5.32 Å². The van der Waals surface area contributed by atoms with Gasteiger partial charge in [0.15, 0.2) is 0 Å². The SMILES string of the molecule is O=C1CCCN1Cc1ccc(C(=O)N2CCC(NCC3CC3)CC2)cc1. The second kappa shape index (κ2) is 7.78. The minimum absolute atomic E-state index is 0.134. The van der Waals surface area contributed by atoms with Crippen molar-refractivity contribution in [3.05, 3.63) is 35.4 Å². The minimum atomic E-state index is 0.134. The zero-order valence-electron chi connectivity index (χ0n) is 15.5. The largest absolute Gasteiger partial charge is 0.339 e. The first-order valence-electron chi connectivity index (χ1n) is 10.1. The molecule has 26 heavy (non-hydrogen) atoms. The summed E-state index contributed by atoms with van der Waals surface area (Å²) in [6, 6.07) is 8.37. The second-order valence-corrected chi connectivity index (χ2v) is 8.03. The van der Waals surface area contributed by atoms with Gasteiger partial charge < -0.3 is 15.1 Å². The lowest BCUT2D eigenvalue weighted by Crippen LogP contribution is -2.45. The standard InChI is InChI=1S/C21H29N3O2/c25-20-2-1-11-24(20)15-17-5-7-18(8-6-17)21(26)23-12-9-19(10-13-23)22-14-16-3-4-16/h5-8,16,19,22H,1-4,9-15H2. The molecule has 4 rings (SSSR count). The summed E-state index contributed by atoms with van der Waals surface area (Å²) in [6.45, 7) is 4.34. The van der Waals surface area contributed by atoms with E-state index in [4.69, 9.17) is 0 Å². The molecule has 0 spiro atoms. The number of likely N-dealkylation sites (tertiary alicyclic amines) is 2.